The number of pyridine rings is 1. The van der Waals surface area contributed by atoms with Gasteiger partial charge in [0, 0.05) is 31.0 Å². The molecule has 0 amide bonds. The van der Waals surface area contributed by atoms with E-state index in [1.165, 1.54) is 24.1 Å². The maximum absolute atomic E-state index is 6.69. The molecule has 0 saturated heterocycles. The Morgan fingerprint density at radius 2 is 2.10 bits per heavy atom. The summed E-state index contributed by atoms with van der Waals surface area (Å²) < 4.78 is 5.96. The van der Waals surface area contributed by atoms with Crippen LogP contribution in [-0.2, 0) is 11.2 Å². The van der Waals surface area contributed by atoms with Gasteiger partial charge in [0.1, 0.15) is 0 Å². The van der Waals surface area contributed by atoms with Gasteiger partial charge in [0.05, 0.1) is 5.60 Å². The van der Waals surface area contributed by atoms with E-state index in [1.807, 2.05) is 19.4 Å². The van der Waals surface area contributed by atoms with Crippen LogP contribution in [0.15, 0.2) is 18.3 Å². The Kier molecular flexibility index (Phi) is 3.83. The van der Waals surface area contributed by atoms with E-state index in [2.05, 4.69) is 18.0 Å². The summed E-state index contributed by atoms with van der Waals surface area (Å²) in [5.41, 5.74) is 9.15. The first-order valence-corrected chi connectivity index (χ1v) is 7.91. The first-order valence-electron chi connectivity index (χ1n) is 7.91. The molecule has 1 fully saturated rings. The fourth-order valence-corrected chi connectivity index (χ4v) is 4.08. The lowest BCUT2D eigenvalue weighted by Crippen LogP contribution is -2.54. The zero-order chi connectivity index (χ0) is 14.2. The number of fused-ring (bicyclic) bond motifs is 1. The van der Waals surface area contributed by atoms with Crippen LogP contribution in [0.25, 0.3) is 0 Å². The van der Waals surface area contributed by atoms with Crippen LogP contribution in [0.4, 0.5) is 0 Å². The quantitative estimate of drug-likeness (QED) is 0.921. The Morgan fingerprint density at radius 3 is 2.80 bits per heavy atom. The molecule has 3 nitrogen and oxygen atoms in total. The molecule has 0 aliphatic heterocycles. The molecule has 2 atom stereocenters. The normalized spacial score (nSPS) is 34.8. The second kappa shape index (κ2) is 5.45. The average molecular weight is 274 g/mol. The molecule has 1 saturated carbocycles. The second-order valence-electron chi connectivity index (χ2n) is 6.67. The first-order chi connectivity index (χ1) is 9.66. The van der Waals surface area contributed by atoms with Crippen LogP contribution in [-0.4, -0.2) is 23.7 Å². The molecule has 20 heavy (non-hydrogen) atoms. The van der Waals surface area contributed by atoms with E-state index in [4.69, 9.17) is 10.5 Å². The highest BCUT2D eigenvalue weighted by Gasteiger charge is 2.45. The van der Waals surface area contributed by atoms with Crippen molar-refractivity contribution in [1.29, 1.82) is 0 Å². The third kappa shape index (κ3) is 2.27. The van der Waals surface area contributed by atoms with E-state index in [1.54, 1.807) is 0 Å². The Morgan fingerprint density at radius 1 is 1.35 bits per heavy atom. The summed E-state index contributed by atoms with van der Waals surface area (Å²) in [7, 11) is 1.84. The summed E-state index contributed by atoms with van der Waals surface area (Å²) in [6.07, 6.45) is 8.75. The lowest BCUT2D eigenvalue weighted by atomic mass is 9.71. The van der Waals surface area contributed by atoms with Crippen molar-refractivity contribution >= 4 is 0 Å². The van der Waals surface area contributed by atoms with Crippen LogP contribution in [0.5, 0.6) is 0 Å². The zero-order valence-electron chi connectivity index (χ0n) is 12.6. The van der Waals surface area contributed by atoms with Crippen LogP contribution in [0.2, 0.25) is 0 Å². The number of hydrogen-bond donors (Lipinski definition) is 1. The predicted octanol–water partition coefficient (Wildman–Crippen LogP) is 3.03. The molecule has 2 aliphatic rings. The number of aryl methyl sites for hydroxylation is 1. The minimum absolute atomic E-state index is 0.0659. The van der Waals surface area contributed by atoms with Gasteiger partial charge in [-0.25, -0.2) is 0 Å². The number of ether oxygens (including phenoxy) is 1. The topological polar surface area (TPSA) is 48.1 Å². The van der Waals surface area contributed by atoms with Crippen LogP contribution in [0, 0.1) is 5.92 Å². The van der Waals surface area contributed by atoms with E-state index in [-0.39, 0.29) is 11.6 Å². The molecule has 0 bridgehead atoms. The molecule has 0 spiro atoms. The second-order valence-corrected chi connectivity index (χ2v) is 6.67. The zero-order valence-corrected chi connectivity index (χ0v) is 12.6. The number of methoxy groups -OCH3 is 1. The summed E-state index contributed by atoms with van der Waals surface area (Å²) in [6, 6.07) is 4.29. The summed E-state index contributed by atoms with van der Waals surface area (Å²) in [5.74, 6) is 1.17. The van der Waals surface area contributed by atoms with E-state index in [0.717, 1.165) is 31.6 Å². The van der Waals surface area contributed by atoms with Crippen molar-refractivity contribution in [3.63, 3.8) is 0 Å². The Labute approximate surface area is 121 Å². The first kappa shape index (κ1) is 14.0. The average Bonchev–Trinajstić information content (AvgIpc) is 2.91. The number of aromatic nitrogens is 1. The van der Waals surface area contributed by atoms with Gasteiger partial charge in [-0.05, 0) is 56.1 Å². The highest BCUT2D eigenvalue weighted by molar-refractivity contribution is 5.31. The van der Waals surface area contributed by atoms with Gasteiger partial charge in [-0.15, -0.1) is 0 Å². The minimum atomic E-state index is -0.143. The van der Waals surface area contributed by atoms with Gasteiger partial charge in [0.25, 0.3) is 0 Å². The summed E-state index contributed by atoms with van der Waals surface area (Å²) in [4.78, 5) is 4.60. The lowest BCUT2D eigenvalue weighted by Gasteiger charge is -2.44. The standard InChI is InChI=1S/C17H26N2O/c1-12-7-9-17(20-2,10-8-12)16(18)14-6-5-13-4-3-11-19-15(13)14/h3-4,11-12,14,16H,5-10,18H2,1-2H3. The smallest absolute Gasteiger partial charge is 0.0835 e. The van der Waals surface area contributed by atoms with Crippen molar-refractivity contribution in [2.45, 2.75) is 63.0 Å². The van der Waals surface area contributed by atoms with Crippen LogP contribution in [0.1, 0.15) is 56.2 Å². The molecule has 1 aromatic rings. The molecule has 2 N–H and O–H groups in total. The highest BCUT2D eigenvalue weighted by Crippen LogP contribution is 2.43. The third-order valence-corrected chi connectivity index (χ3v) is 5.57. The van der Waals surface area contributed by atoms with Gasteiger partial charge in [-0.3, -0.25) is 4.98 Å². The number of nitrogens with zero attached hydrogens (tertiary/aromatic N) is 1. The van der Waals surface area contributed by atoms with Crippen molar-refractivity contribution < 1.29 is 4.74 Å². The van der Waals surface area contributed by atoms with Crippen LogP contribution >= 0.6 is 0 Å². The van der Waals surface area contributed by atoms with E-state index in [9.17, 15) is 0 Å². The fraction of sp³-hybridized carbons (Fsp3) is 0.706. The molecule has 0 radical (unpaired) electrons. The van der Waals surface area contributed by atoms with E-state index >= 15 is 0 Å². The minimum Gasteiger partial charge on any atom is -0.377 e. The summed E-state index contributed by atoms with van der Waals surface area (Å²) in [5, 5.41) is 0. The maximum atomic E-state index is 6.69. The Balaban J connectivity index is 1.83. The third-order valence-electron chi connectivity index (χ3n) is 5.57. The Hall–Kier alpha value is -0.930. The van der Waals surface area contributed by atoms with Gasteiger partial charge < -0.3 is 10.5 Å². The van der Waals surface area contributed by atoms with Gasteiger partial charge in [-0.2, -0.15) is 0 Å². The molecule has 0 aromatic carbocycles. The molecule has 3 rings (SSSR count). The lowest BCUT2D eigenvalue weighted by molar-refractivity contribution is -0.0718. The largest absolute Gasteiger partial charge is 0.377 e. The van der Waals surface area contributed by atoms with E-state index < -0.39 is 0 Å². The van der Waals surface area contributed by atoms with Gasteiger partial charge in [-0.1, -0.05) is 13.0 Å². The fourth-order valence-electron chi connectivity index (χ4n) is 4.08. The Bertz CT molecular complexity index is 466. The molecular weight excluding hydrogens is 248 g/mol. The highest BCUT2D eigenvalue weighted by atomic mass is 16.5. The van der Waals surface area contributed by atoms with Gasteiger partial charge in [0.15, 0.2) is 0 Å². The maximum Gasteiger partial charge on any atom is 0.0835 e. The predicted molar refractivity (Wildman–Crippen MR) is 80.6 cm³/mol. The van der Waals surface area contributed by atoms with Gasteiger partial charge >= 0.3 is 0 Å². The van der Waals surface area contributed by atoms with Crippen molar-refractivity contribution in [1.82, 2.24) is 4.98 Å². The van der Waals surface area contributed by atoms with E-state index in [0.29, 0.717) is 5.92 Å². The monoisotopic (exact) mass is 274 g/mol. The molecule has 1 aromatic heterocycles. The molecule has 2 unspecified atom stereocenters. The number of nitrogens with two attached hydrogens (primary N) is 1. The van der Waals surface area contributed by atoms with Crippen LogP contribution < -0.4 is 5.73 Å². The summed E-state index contributed by atoms with van der Waals surface area (Å²) in [6.45, 7) is 2.33. The molecular formula is C17H26N2O. The van der Waals surface area contributed by atoms with Crippen molar-refractivity contribution in [2.24, 2.45) is 11.7 Å². The van der Waals surface area contributed by atoms with Crippen molar-refractivity contribution in [3.8, 4) is 0 Å². The molecule has 1 heterocycles. The van der Waals surface area contributed by atoms with Crippen molar-refractivity contribution in [2.75, 3.05) is 7.11 Å². The number of rotatable bonds is 3. The van der Waals surface area contributed by atoms with Gasteiger partial charge in [0.2, 0.25) is 0 Å². The van der Waals surface area contributed by atoms with Crippen molar-refractivity contribution in [3.05, 3.63) is 29.6 Å². The molecule has 110 valence electrons. The van der Waals surface area contributed by atoms with Crippen LogP contribution in [0.3, 0.4) is 0 Å². The molecule has 3 heteroatoms. The SMILES string of the molecule is COC1(C(N)C2CCc3cccnc32)CCC(C)CC1. The summed E-state index contributed by atoms with van der Waals surface area (Å²) >= 11 is 0. The number of hydrogen-bond acceptors (Lipinski definition) is 3. The molecule has 2 aliphatic carbocycles.